The highest BCUT2D eigenvalue weighted by atomic mass is 32.2. The maximum Gasteiger partial charge on any atom is 0.267 e. The molecule has 0 saturated carbocycles. The van der Waals surface area contributed by atoms with E-state index in [2.05, 4.69) is 15.5 Å². The van der Waals surface area contributed by atoms with Gasteiger partial charge in [-0.15, -0.1) is 10.2 Å². The molecule has 1 aromatic heterocycles. The molecule has 20 heavy (non-hydrogen) atoms. The van der Waals surface area contributed by atoms with E-state index in [-0.39, 0.29) is 5.91 Å². The van der Waals surface area contributed by atoms with Crippen LogP contribution in [0, 0.1) is 0 Å². The van der Waals surface area contributed by atoms with Gasteiger partial charge in [-0.05, 0) is 24.8 Å². The predicted octanol–water partition coefficient (Wildman–Crippen LogP) is 3.06. The highest BCUT2D eigenvalue weighted by Gasteiger charge is 2.19. The standard InChI is InChI=1S/C13H15N3O2S2/c1-3-10(18-9-7-5-4-6-8-9)11(17)14-12-15-16-13(19-2)20-12/h4-8,10H,3H2,1-2H3,(H,14,15,17)/t10-/m1/s1. The summed E-state index contributed by atoms with van der Waals surface area (Å²) in [4.78, 5) is 12.1. The summed E-state index contributed by atoms with van der Waals surface area (Å²) in [5, 5.41) is 11.1. The number of para-hydroxylation sites is 1. The van der Waals surface area contributed by atoms with Crippen molar-refractivity contribution in [3.8, 4) is 5.75 Å². The zero-order valence-electron chi connectivity index (χ0n) is 11.2. The summed E-state index contributed by atoms with van der Waals surface area (Å²) in [6, 6.07) is 9.30. The van der Waals surface area contributed by atoms with E-state index in [4.69, 9.17) is 4.74 Å². The lowest BCUT2D eigenvalue weighted by Gasteiger charge is -2.16. The van der Waals surface area contributed by atoms with Gasteiger partial charge in [-0.3, -0.25) is 10.1 Å². The first-order valence-electron chi connectivity index (χ1n) is 6.13. The molecule has 0 aliphatic rings. The molecule has 0 radical (unpaired) electrons. The molecule has 1 aromatic carbocycles. The number of hydrogen-bond donors (Lipinski definition) is 1. The molecule has 1 atom stereocenters. The summed E-state index contributed by atoms with van der Waals surface area (Å²) < 4.78 is 6.49. The van der Waals surface area contributed by atoms with Gasteiger partial charge in [0.1, 0.15) is 5.75 Å². The van der Waals surface area contributed by atoms with Crippen molar-refractivity contribution in [2.45, 2.75) is 23.8 Å². The normalized spacial score (nSPS) is 11.9. The molecule has 7 heteroatoms. The zero-order chi connectivity index (χ0) is 14.4. The van der Waals surface area contributed by atoms with Gasteiger partial charge in [-0.1, -0.05) is 48.2 Å². The molecule has 0 aliphatic heterocycles. The average Bonchev–Trinajstić information content (AvgIpc) is 2.93. The molecular formula is C13H15N3O2S2. The molecule has 1 heterocycles. The Morgan fingerprint density at radius 3 is 2.75 bits per heavy atom. The number of carbonyl (C=O) groups excluding carboxylic acids is 1. The number of benzene rings is 1. The summed E-state index contributed by atoms with van der Waals surface area (Å²) in [5.74, 6) is 0.469. The van der Waals surface area contributed by atoms with E-state index >= 15 is 0 Å². The van der Waals surface area contributed by atoms with Crippen LogP contribution >= 0.6 is 23.1 Å². The van der Waals surface area contributed by atoms with Crippen molar-refractivity contribution in [2.75, 3.05) is 11.6 Å². The van der Waals surface area contributed by atoms with E-state index in [9.17, 15) is 4.79 Å². The Labute approximate surface area is 125 Å². The van der Waals surface area contributed by atoms with Gasteiger partial charge in [0.05, 0.1) is 0 Å². The average molecular weight is 309 g/mol. The fourth-order valence-corrected chi connectivity index (χ4v) is 2.69. The van der Waals surface area contributed by atoms with Crippen LogP contribution in [0.4, 0.5) is 5.13 Å². The topological polar surface area (TPSA) is 64.1 Å². The zero-order valence-corrected chi connectivity index (χ0v) is 12.8. The molecule has 2 aromatic rings. The van der Waals surface area contributed by atoms with Crippen molar-refractivity contribution >= 4 is 34.1 Å². The Morgan fingerprint density at radius 2 is 2.15 bits per heavy atom. The molecule has 0 aliphatic carbocycles. The van der Waals surface area contributed by atoms with E-state index in [1.54, 1.807) is 0 Å². The Bertz CT molecular complexity index is 560. The van der Waals surface area contributed by atoms with Gasteiger partial charge >= 0.3 is 0 Å². The molecule has 2 rings (SSSR count). The van der Waals surface area contributed by atoms with Crippen LogP contribution in [0.5, 0.6) is 5.75 Å². The Hall–Kier alpha value is -1.60. The molecule has 106 valence electrons. The SMILES string of the molecule is CC[C@@H](Oc1ccccc1)C(=O)Nc1nnc(SC)s1. The quantitative estimate of drug-likeness (QED) is 0.656. The van der Waals surface area contributed by atoms with Gasteiger partial charge in [-0.25, -0.2) is 0 Å². The van der Waals surface area contributed by atoms with E-state index in [1.165, 1.54) is 23.1 Å². The molecule has 0 saturated heterocycles. The number of hydrogen-bond acceptors (Lipinski definition) is 6. The second-order valence-electron chi connectivity index (χ2n) is 3.89. The first-order chi connectivity index (χ1) is 9.72. The highest BCUT2D eigenvalue weighted by Crippen LogP contribution is 2.23. The summed E-state index contributed by atoms with van der Waals surface area (Å²) in [6.07, 6.45) is 1.95. The van der Waals surface area contributed by atoms with Crippen molar-refractivity contribution < 1.29 is 9.53 Å². The number of rotatable bonds is 6. The first-order valence-corrected chi connectivity index (χ1v) is 8.17. The van der Waals surface area contributed by atoms with Crippen molar-refractivity contribution in [2.24, 2.45) is 0 Å². The number of ether oxygens (including phenoxy) is 1. The van der Waals surface area contributed by atoms with Crippen molar-refractivity contribution in [3.63, 3.8) is 0 Å². The van der Waals surface area contributed by atoms with Crippen molar-refractivity contribution in [1.82, 2.24) is 10.2 Å². The second kappa shape index (κ2) is 7.25. The Morgan fingerprint density at radius 1 is 1.40 bits per heavy atom. The monoisotopic (exact) mass is 309 g/mol. The number of carbonyl (C=O) groups is 1. The van der Waals surface area contributed by atoms with Gasteiger partial charge in [0.25, 0.3) is 5.91 Å². The lowest BCUT2D eigenvalue weighted by molar-refractivity contribution is -0.122. The largest absolute Gasteiger partial charge is 0.481 e. The van der Waals surface area contributed by atoms with E-state index < -0.39 is 6.10 Å². The Kier molecular flexibility index (Phi) is 5.37. The minimum absolute atomic E-state index is 0.208. The number of nitrogens with zero attached hydrogens (tertiary/aromatic N) is 2. The fraction of sp³-hybridized carbons (Fsp3) is 0.308. The van der Waals surface area contributed by atoms with Crippen LogP contribution in [-0.4, -0.2) is 28.5 Å². The summed E-state index contributed by atoms with van der Waals surface area (Å²) in [5.41, 5.74) is 0. The number of anilines is 1. The first kappa shape index (κ1) is 14.8. The molecule has 0 spiro atoms. The third-order valence-electron chi connectivity index (χ3n) is 2.50. The van der Waals surface area contributed by atoms with Gasteiger partial charge in [0.15, 0.2) is 10.4 Å². The number of amides is 1. The Balaban J connectivity index is 1.98. The minimum atomic E-state index is -0.543. The van der Waals surface area contributed by atoms with Gasteiger partial charge in [0.2, 0.25) is 5.13 Å². The van der Waals surface area contributed by atoms with Gasteiger partial charge < -0.3 is 4.74 Å². The van der Waals surface area contributed by atoms with Crippen LogP contribution in [0.2, 0.25) is 0 Å². The summed E-state index contributed by atoms with van der Waals surface area (Å²) in [6.45, 7) is 1.90. The molecule has 0 unspecified atom stereocenters. The van der Waals surface area contributed by atoms with Crippen LogP contribution < -0.4 is 10.1 Å². The third-order valence-corrected chi connectivity index (χ3v) is 4.31. The lowest BCUT2D eigenvalue weighted by atomic mass is 10.2. The lowest BCUT2D eigenvalue weighted by Crippen LogP contribution is -2.32. The molecule has 1 amide bonds. The van der Waals surface area contributed by atoms with Crippen molar-refractivity contribution in [1.29, 1.82) is 0 Å². The predicted molar refractivity (Wildman–Crippen MR) is 81.5 cm³/mol. The van der Waals surface area contributed by atoms with Crippen molar-refractivity contribution in [3.05, 3.63) is 30.3 Å². The van der Waals surface area contributed by atoms with Gasteiger partial charge in [-0.2, -0.15) is 0 Å². The van der Waals surface area contributed by atoms with E-state index in [0.717, 1.165) is 4.34 Å². The van der Waals surface area contributed by atoms with E-state index in [0.29, 0.717) is 17.3 Å². The summed E-state index contributed by atoms with van der Waals surface area (Å²) >= 11 is 2.84. The maximum absolute atomic E-state index is 12.1. The van der Waals surface area contributed by atoms with Crippen LogP contribution in [-0.2, 0) is 4.79 Å². The molecule has 0 bridgehead atoms. The maximum atomic E-state index is 12.1. The van der Waals surface area contributed by atoms with Crippen LogP contribution in [0.25, 0.3) is 0 Å². The molecular weight excluding hydrogens is 294 g/mol. The van der Waals surface area contributed by atoms with Crippen LogP contribution in [0.3, 0.4) is 0 Å². The minimum Gasteiger partial charge on any atom is -0.481 e. The van der Waals surface area contributed by atoms with Gasteiger partial charge in [0, 0.05) is 0 Å². The van der Waals surface area contributed by atoms with E-state index in [1.807, 2.05) is 43.5 Å². The van der Waals surface area contributed by atoms with Crippen LogP contribution in [0.1, 0.15) is 13.3 Å². The smallest absolute Gasteiger partial charge is 0.267 e. The molecule has 1 N–H and O–H groups in total. The highest BCUT2D eigenvalue weighted by molar-refractivity contribution is 8.00. The third kappa shape index (κ3) is 3.94. The summed E-state index contributed by atoms with van der Waals surface area (Å²) in [7, 11) is 0. The van der Waals surface area contributed by atoms with Crippen LogP contribution in [0.15, 0.2) is 34.7 Å². The number of aromatic nitrogens is 2. The molecule has 0 fully saturated rings. The number of thioether (sulfide) groups is 1. The fourth-order valence-electron chi connectivity index (χ4n) is 1.51. The second-order valence-corrected chi connectivity index (χ2v) is 5.93. The molecule has 5 nitrogen and oxygen atoms in total. The number of nitrogens with one attached hydrogen (secondary N) is 1.